The maximum Gasteiger partial charge on any atom is 0.217 e. The highest BCUT2D eigenvalue weighted by atomic mass is 19.1. The van der Waals surface area contributed by atoms with Gasteiger partial charge >= 0.3 is 0 Å². The first-order chi connectivity index (χ1) is 9.02. The van der Waals surface area contributed by atoms with Crippen molar-refractivity contribution in [1.29, 1.82) is 0 Å². The summed E-state index contributed by atoms with van der Waals surface area (Å²) in [6, 6.07) is 2.37. The fourth-order valence-electron chi connectivity index (χ4n) is 2.39. The lowest BCUT2D eigenvalue weighted by Gasteiger charge is -2.29. The van der Waals surface area contributed by atoms with Crippen molar-refractivity contribution in [2.75, 3.05) is 6.61 Å². The van der Waals surface area contributed by atoms with Gasteiger partial charge in [-0.25, -0.2) is 4.39 Å². The second-order valence-corrected chi connectivity index (χ2v) is 4.82. The zero-order valence-electron chi connectivity index (χ0n) is 11.2. The molecule has 2 unspecified atom stereocenters. The number of benzene rings is 1. The van der Waals surface area contributed by atoms with E-state index >= 15 is 0 Å². The molecule has 0 aliphatic carbocycles. The molecule has 0 aromatic heterocycles. The van der Waals surface area contributed by atoms with Crippen molar-refractivity contribution < 1.29 is 13.9 Å². The molecular formula is C14H19FN2O2. The molecule has 0 saturated heterocycles. The average molecular weight is 266 g/mol. The van der Waals surface area contributed by atoms with Crippen molar-refractivity contribution in [3.63, 3.8) is 0 Å². The zero-order chi connectivity index (χ0) is 14.0. The summed E-state index contributed by atoms with van der Waals surface area (Å²) in [4.78, 5) is 11.2. The average Bonchev–Trinajstić information content (AvgIpc) is 2.37. The van der Waals surface area contributed by atoms with Gasteiger partial charge in [0.15, 0.2) is 0 Å². The molecule has 0 spiro atoms. The molecule has 1 heterocycles. The fourth-order valence-corrected chi connectivity index (χ4v) is 2.39. The summed E-state index contributed by atoms with van der Waals surface area (Å²) in [5.74, 6) is 0.141. The van der Waals surface area contributed by atoms with Gasteiger partial charge in [-0.2, -0.15) is 0 Å². The van der Waals surface area contributed by atoms with Crippen molar-refractivity contribution in [3.8, 4) is 5.75 Å². The second-order valence-electron chi connectivity index (χ2n) is 4.82. The van der Waals surface area contributed by atoms with E-state index in [0.29, 0.717) is 36.3 Å². The number of fused-ring (bicyclic) bond motifs is 1. The van der Waals surface area contributed by atoms with E-state index in [9.17, 15) is 9.18 Å². The molecule has 19 heavy (non-hydrogen) atoms. The highest BCUT2D eigenvalue weighted by molar-refractivity contribution is 5.73. The van der Waals surface area contributed by atoms with Gasteiger partial charge in [0.05, 0.1) is 12.6 Å². The fraction of sp³-hybridized carbons (Fsp3) is 0.500. The number of ether oxygens (including phenoxy) is 1. The Labute approximate surface area is 112 Å². The van der Waals surface area contributed by atoms with Crippen LogP contribution in [-0.2, 0) is 4.79 Å². The standard InChI is InChI=1S/C14H19FN2O2/c1-3-12(16)10-6-9(15)7-11-13(17-8(2)18)4-5-19-14(10)11/h6-7,12-13H,3-5,16H2,1-2H3,(H,17,18). The molecule has 2 atom stereocenters. The second kappa shape index (κ2) is 5.57. The maximum atomic E-state index is 13.7. The van der Waals surface area contributed by atoms with Crippen LogP contribution in [0.3, 0.4) is 0 Å². The molecule has 5 heteroatoms. The van der Waals surface area contributed by atoms with Crippen LogP contribution in [0, 0.1) is 5.82 Å². The van der Waals surface area contributed by atoms with Gasteiger partial charge in [0.2, 0.25) is 5.91 Å². The number of hydrogen-bond acceptors (Lipinski definition) is 3. The van der Waals surface area contributed by atoms with Crippen molar-refractivity contribution in [2.24, 2.45) is 5.73 Å². The zero-order valence-corrected chi connectivity index (χ0v) is 11.2. The van der Waals surface area contributed by atoms with E-state index in [2.05, 4.69) is 5.32 Å². The number of rotatable bonds is 3. The highest BCUT2D eigenvalue weighted by Crippen LogP contribution is 2.38. The third kappa shape index (κ3) is 2.87. The Morgan fingerprint density at radius 1 is 1.63 bits per heavy atom. The van der Waals surface area contributed by atoms with Crippen molar-refractivity contribution in [3.05, 3.63) is 29.1 Å². The van der Waals surface area contributed by atoms with E-state index in [1.165, 1.54) is 19.1 Å². The molecule has 0 radical (unpaired) electrons. The molecule has 0 bridgehead atoms. The number of hydrogen-bond donors (Lipinski definition) is 2. The lowest BCUT2D eigenvalue weighted by Crippen LogP contribution is -2.31. The van der Waals surface area contributed by atoms with Gasteiger partial charge in [-0.3, -0.25) is 4.79 Å². The first-order valence-electron chi connectivity index (χ1n) is 6.51. The molecular weight excluding hydrogens is 247 g/mol. The van der Waals surface area contributed by atoms with Gasteiger partial charge in [0, 0.05) is 30.5 Å². The van der Waals surface area contributed by atoms with E-state index in [1.807, 2.05) is 6.92 Å². The molecule has 1 aliphatic heterocycles. The lowest BCUT2D eigenvalue weighted by molar-refractivity contribution is -0.119. The van der Waals surface area contributed by atoms with Gasteiger partial charge in [-0.1, -0.05) is 6.92 Å². The summed E-state index contributed by atoms with van der Waals surface area (Å²) >= 11 is 0. The smallest absolute Gasteiger partial charge is 0.217 e. The summed E-state index contributed by atoms with van der Waals surface area (Å²) in [5.41, 5.74) is 7.35. The van der Waals surface area contributed by atoms with E-state index in [0.717, 1.165) is 0 Å². The predicted octanol–water partition coefficient (Wildman–Crippen LogP) is 2.20. The van der Waals surface area contributed by atoms with Crippen LogP contribution < -0.4 is 15.8 Å². The third-order valence-electron chi connectivity index (χ3n) is 3.36. The predicted molar refractivity (Wildman–Crippen MR) is 70.3 cm³/mol. The van der Waals surface area contributed by atoms with Crippen LogP contribution in [0.1, 0.15) is 49.9 Å². The topological polar surface area (TPSA) is 64.3 Å². The quantitative estimate of drug-likeness (QED) is 0.881. The van der Waals surface area contributed by atoms with Crippen LogP contribution in [-0.4, -0.2) is 12.5 Å². The van der Waals surface area contributed by atoms with Gasteiger partial charge in [0.1, 0.15) is 11.6 Å². The summed E-state index contributed by atoms with van der Waals surface area (Å²) in [5, 5.41) is 2.82. The molecule has 0 saturated carbocycles. The molecule has 0 fully saturated rings. The van der Waals surface area contributed by atoms with Crippen molar-refractivity contribution in [2.45, 2.75) is 38.8 Å². The van der Waals surface area contributed by atoms with Crippen molar-refractivity contribution >= 4 is 5.91 Å². The van der Waals surface area contributed by atoms with Crippen LogP contribution in [0.15, 0.2) is 12.1 Å². The summed E-state index contributed by atoms with van der Waals surface area (Å²) in [6.45, 7) is 3.89. The minimum Gasteiger partial charge on any atom is -0.493 e. The largest absolute Gasteiger partial charge is 0.493 e. The Kier molecular flexibility index (Phi) is 4.04. The van der Waals surface area contributed by atoms with E-state index in [1.54, 1.807) is 0 Å². The first kappa shape index (κ1) is 13.8. The number of halogens is 1. The molecule has 2 rings (SSSR count). The normalized spacial score (nSPS) is 19.3. The van der Waals surface area contributed by atoms with Crippen LogP contribution in [0.2, 0.25) is 0 Å². The SMILES string of the molecule is CCC(N)c1cc(F)cc2c1OCCC2NC(C)=O. The van der Waals surface area contributed by atoms with Gasteiger partial charge in [-0.05, 0) is 18.6 Å². The Morgan fingerprint density at radius 3 is 3.00 bits per heavy atom. The van der Waals surface area contributed by atoms with Crippen LogP contribution in [0.5, 0.6) is 5.75 Å². The molecule has 3 N–H and O–H groups in total. The number of nitrogens with two attached hydrogens (primary N) is 1. The third-order valence-corrected chi connectivity index (χ3v) is 3.36. The molecule has 1 aromatic carbocycles. The number of amides is 1. The molecule has 1 aromatic rings. The monoisotopic (exact) mass is 266 g/mol. The van der Waals surface area contributed by atoms with Crippen LogP contribution >= 0.6 is 0 Å². The number of carbonyl (C=O) groups excluding carboxylic acids is 1. The van der Waals surface area contributed by atoms with E-state index < -0.39 is 0 Å². The molecule has 4 nitrogen and oxygen atoms in total. The highest BCUT2D eigenvalue weighted by Gasteiger charge is 2.27. The molecule has 1 aliphatic rings. The van der Waals surface area contributed by atoms with Crippen molar-refractivity contribution in [1.82, 2.24) is 5.32 Å². The Hall–Kier alpha value is -1.62. The minimum absolute atomic E-state index is 0.136. The number of nitrogens with one attached hydrogen (secondary N) is 1. The van der Waals surface area contributed by atoms with E-state index in [4.69, 9.17) is 10.5 Å². The van der Waals surface area contributed by atoms with Gasteiger partial charge in [-0.15, -0.1) is 0 Å². The van der Waals surface area contributed by atoms with Gasteiger partial charge in [0.25, 0.3) is 0 Å². The molecule has 1 amide bonds. The Bertz CT molecular complexity index is 491. The first-order valence-corrected chi connectivity index (χ1v) is 6.51. The summed E-state index contributed by atoms with van der Waals surface area (Å²) in [7, 11) is 0. The number of carbonyl (C=O) groups is 1. The summed E-state index contributed by atoms with van der Waals surface area (Å²) < 4.78 is 19.4. The Morgan fingerprint density at radius 2 is 2.37 bits per heavy atom. The van der Waals surface area contributed by atoms with Gasteiger partial charge < -0.3 is 15.8 Å². The molecule has 104 valence electrons. The maximum absolute atomic E-state index is 13.7. The van der Waals surface area contributed by atoms with Crippen LogP contribution in [0.25, 0.3) is 0 Å². The Balaban J connectivity index is 2.46. The van der Waals surface area contributed by atoms with Crippen LogP contribution in [0.4, 0.5) is 4.39 Å². The minimum atomic E-state index is -0.349. The van der Waals surface area contributed by atoms with E-state index in [-0.39, 0.29) is 23.8 Å². The summed E-state index contributed by atoms with van der Waals surface area (Å²) in [6.07, 6.45) is 1.33. The lowest BCUT2D eigenvalue weighted by atomic mass is 9.93.